The lowest BCUT2D eigenvalue weighted by Gasteiger charge is -2.10. The summed E-state index contributed by atoms with van der Waals surface area (Å²) < 4.78 is 26.6. The van der Waals surface area contributed by atoms with Gasteiger partial charge in [-0.25, -0.2) is 8.78 Å². The molecule has 1 N–H and O–H groups in total. The molecule has 2 rings (SSSR count). The molecule has 8 heteroatoms. The predicted molar refractivity (Wildman–Crippen MR) is 81.7 cm³/mol. The number of benzene rings is 1. The van der Waals surface area contributed by atoms with Crippen molar-refractivity contribution in [1.82, 2.24) is 9.78 Å². The average molecular weight is 348 g/mol. The number of carbonyl (C=O) groups excluding carboxylic acids is 1. The van der Waals surface area contributed by atoms with Crippen molar-refractivity contribution in [2.24, 2.45) is 0 Å². The molecule has 1 aromatic carbocycles. The zero-order valence-corrected chi connectivity index (χ0v) is 13.3. The number of halogens is 4. The molecular weight excluding hydrogens is 335 g/mol. The van der Waals surface area contributed by atoms with Crippen LogP contribution >= 0.6 is 23.2 Å². The van der Waals surface area contributed by atoms with Crippen LogP contribution in [0.3, 0.4) is 0 Å². The van der Waals surface area contributed by atoms with Gasteiger partial charge in [0.15, 0.2) is 0 Å². The molecule has 0 aliphatic carbocycles. The minimum atomic E-state index is -2.79. The zero-order valence-electron chi connectivity index (χ0n) is 11.8. The van der Waals surface area contributed by atoms with Gasteiger partial charge in [-0.1, -0.05) is 29.3 Å². The number of aromatic nitrogens is 2. The topological polar surface area (TPSA) is 46.9 Å². The summed E-state index contributed by atoms with van der Waals surface area (Å²) in [4.78, 5) is 12.0. The van der Waals surface area contributed by atoms with Crippen LogP contribution in [0.15, 0.2) is 18.2 Å². The van der Waals surface area contributed by atoms with Crippen LogP contribution in [0.5, 0.6) is 0 Å². The number of carbonyl (C=O) groups is 1. The minimum absolute atomic E-state index is 0.123. The first-order valence-electron chi connectivity index (χ1n) is 6.37. The number of rotatable bonds is 4. The van der Waals surface area contributed by atoms with Crippen molar-refractivity contribution in [3.63, 3.8) is 0 Å². The van der Waals surface area contributed by atoms with Crippen LogP contribution in [0.25, 0.3) is 0 Å². The number of nitrogens with one attached hydrogen (secondary N) is 1. The molecule has 0 aliphatic rings. The molecule has 0 unspecified atom stereocenters. The third-order valence-electron chi connectivity index (χ3n) is 3.20. The summed E-state index contributed by atoms with van der Waals surface area (Å²) in [7, 11) is 0. The van der Waals surface area contributed by atoms with Crippen LogP contribution in [0.4, 0.5) is 14.5 Å². The van der Waals surface area contributed by atoms with Gasteiger partial charge in [0.1, 0.15) is 12.2 Å². The van der Waals surface area contributed by atoms with E-state index in [4.69, 9.17) is 23.2 Å². The second-order valence-electron chi connectivity index (χ2n) is 4.70. The molecule has 22 heavy (non-hydrogen) atoms. The smallest absolute Gasteiger partial charge is 0.283 e. The lowest BCUT2D eigenvalue weighted by molar-refractivity contribution is -0.117. The van der Waals surface area contributed by atoms with Gasteiger partial charge in [0.25, 0.3) is 6.43 Å². The lowest BCUT2D eigenvalue weighted by atomic mass is 10.2. The Hall–Kier alpha value is -1.66. The molecule has 0 atom stereocenters. The van der Waals surface area contributed by atoms with E-state index in [9.17, 15) is 13.6 Å². The molecule has 1 heterocycles. The number of anilines is 1. The summed E-state index contributed by atoms with van der Waals surface area (Å²) in [6, 6.07) is 5.11. The highest BCUT2D eigenvalue weighted by Crippen LogP contribution is 2.28. The summed E-state index contributed by atoms with van der Waals surface area (Å²) >= 11 is 11.8. The number of alkyl halides is 2. The largest absolute Gasteiger partial charge is 0.324 e. The third-order valence-corrected chi connectivity index (χ3v) is 4.08. The van der Waals surface area contributed by atoms with Crippen molar-refractivity contribution >= 4 is 34.8 Å². The van der Waals surface area contributed by atoms with E-state index in [1.54, 1.807) is 25.1 Å². The number of nitrogens with zero attached hydrogens (tertiary/aromatic N) is 2. The quantitative estimate of drug-likeness (QED) is 0.891. The molecule has 1 amide bonds. The van der Waals surface area contributed by atoms with Crippen molar-refractivity contribution in [1.29, 1.82) is 0 Å². The van der Waals surface area contributed by atoms with E-state index in [0.29, 0.717) is 16.4 Å². The monoisotopic (exact) mass is 347 g/mol. The van der Waals surface area contributed by atoms with Crippen molar-refractivity contribution in [3.05, 3.63) is 45.2 Å². The first-order chi connectivity index (χ1) is 10.3. The highest BCUT2D eigenvalue weighted by Gasteiger charge is 2.21. The number of amides is 1. The van der Waals surface area contributed by atoms with Crippen LogP contribution in [0, 0.1) is 13.8 Å². The molecule has 4 nitrogen and oxygen atoms in total. The van der Waals surface area contributed by atoms with Gasteiger partial charge in [0.05, 0.1) is 10.7 Å². The van der Waals surface area contributed by atoms with E-state index < -0.39 is 18.0 Å². The molecule has 0 fully saturated rings. The maximum absolute atomic E-state index is 12.7. The van der Waals surface area contributed by atoms with Crippen molar-refractivity contribution < 1.29 is 13.6 Å². The van der Waals surface area contributed by atoms with E-state index in [0.717, 1.165) is 10.2 Å². The minimum Gasteiger partial charge on any atom is -0.324 e. The van der Waals surface area contributed by atoms with Crippen LogP contribution in [-0.2, 0) is 11.3 Å². The Morgan fingerprint density at radius 1 is 1.36 bits per heavy atom. The van der Waals surface area contributed by atoms with Crippen molar-refractivity contribution in [3.8, 4) is 0 Å². The van der Waals surface area contributed by atoms with Gasteiger partial charge in [0.2, 0.25) is 5.91 Å². The lowest BCUT2D eigenvalue weighted by Crippen LogP contribution is -2.20. The van der Waals surface area contributed by atoms with Crippen LogP contribution < -0.4 is 5.32 Å². The van der Waals surface area contributed by atoms with E-state index in [-0.39, 0.29) is 11.6 Å². The Kier molecular flexibility index (Phi) is 5.03. The van der Waals surface area contributed by atoms with Gasteiger partial charge in [-0.2, -0.15) is 5.10 Å². The molecule has 0 saturated heterocycles. The average Bonchev–Trinajstić information content (AvgIpc) is 2.72. The molecule has 0 bridgehead atoms. The predicted octanol–water partition coefficient (Wildman–Crippen LogP) is 4.38. The summed E-state index contributed by atoms with van der Waals surface area (Å²) in [6.07, 6.45) is -2.79. The first-order valence-corrected chi connectivity index (χ1v) is 7.12. The Balaban J connectivity index is 2.16. The molecule has 0 saturated carbocycles. The van der Waals surface area contributed by atoms with Gasteiger partial charge in [-0.3, -0.25) is 9.48 Å². The van der Waals surface area contributed by atoms with Crippen LogP contribution in [0.1, 0.15) is 23.4 Å². The van der Waals surface area contributed by atoms with E-state index >= 15 is 0 Å². The Bertz CT molecular complexity index is 716. The maximum atomic E-state index is 12.7. The maximum Gasteiger partial charge on any atom is 0.283 e. The normalized spacial score (nSPS) is 11.0. The first kappa shape index (κ1) is 16.7. The summed E-state index contributed by atoms with van der Waals surface area (Å²) in [5.74, 6) is -0.409. The van der Waals surface area contributed by atoms with E-state index in [1.807, 2.05) is 0 Å². The van der Waals surface area contributed by atoms with Gasteiger partial charge in [-0.05, 0) is 31.5 Å². The Morgan fingerprint density at radius 2 is 2.05 bits per heavy atom. The highest BCUT2D eigenvalue weighted by atomic mass is 35.5. The highest BCUT2D eigenvalue weighted by molar-refractivity contribution is 6.32. The summed E-state index contributed by atoms with van der Waals surface area (Å²) in [5, 5.41) is 6.75. The van der Waals surface area contributed by atoms with Crippen LogP contribution in [0.2, 0.25) is 10.0 Å². The van der Waals surface area contributed by atoms with Crippen LogP contribution in [-0.4, -0.2) is 15.7 Å². The SMILES string of the molecule is Cc1c(Cl)cccc1NC(=O)Cn1nc(C(F)F)c(Cl)c1C. The van der Waals surface area contributed by atoms with Crippen molar-refractivity contribution in [2.45, 2.75) is 26.8 Å². The molecule has 1 aromatic heterocycles. The van der Waals surface area contributed by atoms with Gasteiger partial charge in [-0.15, -0.1) is 0 Å². The van der Waals surface area contributed by atoms with Gasteiger partial charge < -0.3 is 5.32 Å². The number of hydrogen-bond donors (Lipinski definition) is 1. The molecule has 0 radical (unpaired) electrons. The second-order valence-corrected chi connectivity index (χ2v) is 5.49. The fourth-order valence-corrected chi connectivity index (χ4v) is 2.30. The molecule has 0 spiro atoms. The van der Waals surface area contributed by atoms with Gasteiger partial charge in [0, 0.05) is 10.7 Å². The number of hydrogen-bond acceptors (Lipinski definition) is 2. The van der Waals surface area contributed by atoms with Crippen molar-refractivity contribution in [2.75, 3.05) is 5.32 Å². The fourth-order valence-electron chi connectivity index (χ4n) is 1.91. The third kappa shape index (κ3) is 3.39. The second kappa shape index (κ2) is 6.62. The molecule has 118 valence electrons. The van der Waals surface area contributed by atoms with Gasteiger partial charge >= 0.3 is 0 Å². The molecular formula is C14H13Cl2F2N3O. The summed E-state index contributed by atoms with van der Waals surface area (Å²) in [5.41, 5.74) is 1.07. The molecule has 2 aromatic rings. The standard InChI is InChI=1S/C14H13Cl2F2N3O/c1-7-9(15)4-3-5-10(7)19-11(22)6-21-8(2)12(16)13(20-21)14(17)18/h3-5,14H,6H2,1-2H3,(H,19,22). The van der Waals surface area contributed by atoms with E-state index in [1.165, 1.54) is 6.92 Å². The molecule has 0 aliphatic heterocycles. The fraction of sp³-hybridized carbons (Fsp3) is 0.286. The zero-order chi connectivity index (χ0) is 16.4. The Labute approximate surface area is 136 Å². The van der Waals surface area contributed by atoms with E-state index in [2.05, 4.69) is 10.4 Å². The summed E-state index contributed by atoms with van der Waals surface area (Å²) in [6.45, 7) is 3.08. The Morgan fingerprint density at radius 3 is 2.64 bits per heavy atom.